The van der Waals surface area contributed by atoms with Crippen molar-refractivity contribution in [1.29, 1.82) is 0 Å². The third-order valence-electron chi connectivity index (χ3n) is 5.34. The van der Waals surface area contributed by atoms with E-state index in [0.29, 0.717) is 33.6 Å². The number of H-pyrrole nitrogens is 2. The molecule has 5 aromatic rings. The maximum Gasteiger partial charge on any atom is 0.248 e. The van der Waals surface area contributed by atoms with E-state index in [9.17, 15) is 9.59 Å². The largest absolute Gasteiger partial charge is 0.368 e. The Hall–Kier alpha value is -4.26. The fraction of sp³-hybridized carbons (Fsp3) is 0.0435. The highest BCUT2D eigenvalue weighted by Gasteiger charge is 2.45. The summed E-state index contributed by atoms with van der Waals surface area (Å²) in [6.07, 6.45) is 1.66. The van der Waals surface area contributed by atoms with Crippen LogP contribution < -0.4 is 11.3 Å². The molecular formula is C23H17N5O2. The molecule has 0 spiro atoms. The lowest BCUT2D eigenvalue weighted by Gasteiger charge is -2.30. The van der Waals surface area contributed by atoms with Crippen LogP contribution in [0.5, 0.6) is 0 Å². The van der Waals surface area contributed by atoms with Gasteiger partial charge in [0.2, 0.25) is 11.5 Å². The third kappa shape index (κ3) is 2.60. The van der Waals surface area contributed by atoms with Gasteiger partial charge in [0.1, 0.15) is 11.3 Å². The topological polar surface area (TPSA) is 118 Å². The Morgan fingerprint density at radius 2 is 1.73 bits per heavy atom. The number of carbonyl (C=O) groups is 1. The first-order chi connectivity index (χ1) is 14.6. The molecule has 0 aliphatic rings. The van der Waals surface area contributed by atoms with Gasteiger partial charge in [0.25, 0.3) is 0 Å². The number of aromatic nitrogens is 4. The molecular weight excluding hydrogens is 378 g/mol. The van der Waals surface area contributed by atoms with Gasteiger partial charge in [0, 0.05) is 17.8 Å². The zero-order valence-corrected chi connectivity index (χ0v) is 15.8. The van der Waals surface area contributed by atoms with Crippen LogP contribution in [-0.2, 0) is 10.2 Å². The number of imidazole rings is 1. The molecule has 5 rings (SSSR count). The summed E-state index contributed by atoms with van der Waals surface area (Å²) in [5.74, 6) is -0.185. The maximum absolute atomic E-state index is 13.2. The van der Waals surface area contributed by atoms with Crippen LogP contribution in [0.1, 0.15) is 17.0 Å². The van der Waals surface area contributed by atoms with Crippen LogP contribution in [0.3, 0.4) is 0 Å². The number of nitrogens with zero attached hydrogens (tertiary/aromatic N) is 2. The summed E-state index contributed by atoms with van der Waals surface area (Å²) in [5, 5.41) is 0.780. The van der Waals surface area contributed by atoms with Crippen LogP contribution >= 0.6 is 0 Å². The number of primary amides is 1. The van der Waals surface area contributed by atoms with Gasteiger partial charge in [-0.15, -0.1) is 0 Å². The minimum atomic E-state index is -1.37. The second-order valence-corrected chi connectivity index (χ2v) is 7.06. The Morgan fingerprint density at radius 3 is 2.50 bits per heavy atom. The second-order valence-electron chi connectivity index (χ2n) is 7.06. The molecule has 7 heteroatoms. The molecule has 2 aromatic carbocycles. The monoisotopic (exact) mass is 395 g/mol. The van der Waals surface area contributed by atoms with E-state index in [-0.39, 0.29) is 5.56 Å². The number of amides is 1. The standard InChI is InChI=1S/C23H17N5O2/c24-21(30)23(15-5-2-1-3-6-15,22-27-18-7-4-12-25-20(18)28-22)16-9-10-17-14(13-16)8-11-19(29)26-17/h1-13H,(H2,24,30)(H,26,29)(H,25,27,28). The van der Waals surface area contributed by atoms with Crippen molar-refractivity contribution < 1.29 is 4.79 Å². The van der Waals surface area contributed by atoms with E-state index in [4.69, 9.17) is 5.73 Å². The summed E-state index contributed by atoms with van der Waals surface area (Å²) in [7, 11) is 0. The van der Waals surface area contributed by atoms with Gasteiger partial charge < -0.3 is 15.7 Å². The molecule has 7 nitrogen and oxygen atoms in total. The molecule has 3 heterocycles. The van der Waals surface area contributed by atoms with E-state index in [1.54, 1.807) is 30.5 Å². The van der Waals surface area contributed by atoms with Crippen LogP contribution in [0.15, 0.2) is 83.8 Å². The van der Waals surface area contributed by atoms with Crippen molar-refractivity contribution in [2.45, 2.75) is 5.41 Å². The number of hydrogen-bond acceptors (Lipinski definition) is 4. The molecule has 0 bridgehead atoms. The van der Waals surface area contributed by atoms with Crippen LogP contribution in [-0.4, -0.2) is 25.8 Å². The summed E-state index contributed by atoms with van der Waals surface area (Å²) in [5.41, 5.74) is 7.72. The Bertz CT molecular complexity index is 1420. The Morgan fingerprint density at radius 1 is 0.900 bits per heavy atom. The Balaban J connectivity index is 1.87. The van der Waals surface area contributed by atoms with Gasteiger partial charge in [-0.2, -0.15) is 0 Å². The van der Waals surface area contributed by atoms with Crippen molar-refractivity contribution in [3.05, 3.63) is 106 Å². The predicted octanol–water partition coefficient (Wildman–Crippen LogP) is 2.62. The molecule has 1 unspecified atom stereocenters. The van der Waals surface area contributed by atoms with E-state index in [2.05, 4.69) is 19.9 Å². The third-order valence-corrected chi connectivity index (χ3v) is 5.34. The molecule has 0 saturated heterocycles. The SMILES string of the molecule is NC(=O)C(c1ccccc1)(c1ccc2[nH]c(=O)ccc2c1)c1nc2cccnc2[nH]1. The van der Waals surface area contributed by atoms with Gasteiger partial charge in [0.15, 0.2) is 11.1 Å². The van der Waals surface area contributed by atoms with E-state index in [0.717, 1.165) is 5.39 Å². The van der Waals surface area contributed by atoms with E-state index in [1.807, 2.05) is 42.5 Å². The number of pyridine rings is 2. The van der Waals surface area contributed by atoms with E-state index in [1.165, 1.54) is 6.07 Å². The Labute approximate surface area is 170 Å². The van der Waals surface area contributed by atoms with Crippen molar-refractivity contribution in [3.63, 3.8) is 0 Å². The van der Waals surface area contributed by atoms with E-state index < -0.39 is 11.3 Å². The fourth-order valence-corrected chi connectivity index (χ4v) is 3.94. The zero-order chi connectivity index (χ0) is 20.7. The average Bonchev–Trinajstić information content (AvgIpc) is 3.19. The summed E-state index contributed by atoms with van der Waals surface area (Å²) >= 11 is 0. The Kier molecular flexibility index (Phi) is 3.96. The molecule has 0 radical (unpaired) electrons. The molecule has 0 aliphatic heterocycles. The van der Waals surface area contributed by atoms with Crippen molar-refractivity contribution in [1.82, 2.24) is 19.9 Å². The number of benzene rings is 2. The molecule has 0 fully saturated rings. The smallest absolute Gasteiger partial charge is 0.248 e. The average molecular weight is 395 g/mol. The van der Waals surface area contributed by atoms with E-state index >= 15 is 0 Å². The second kappa shape index (κ2) is 6.66. The highest BCUT2D eigenvalue weighted by molar-refractivity contribution is 5.96. The van der Waals surface area contributed by atoms with Crippen molar-refractivity contribution in [2.24, 2.45) is 5.73 Å². The summed E-state index contributed by atoms with van der Waals surface area (Å²) in [4.78, 5) is 39.8. The minimum absolute atomic E-state index is 0.192. The minimum Gasteiger partial charge on any atom is -0.368 e. The summed E-state index contributed by atoms with van der Waals surface area (Å²) in [6, 6.07) is 21.5. The van der Waals surface area contributed by atoms with Crippen LogP contribution in [0.4, 0.5) is 0 Å². The zero-order valence-electron chi connectivity index (χ0n) is 15.8. The number of rotatable bonds is 4. The lowest BCUT2D eigenvalue weighted by atomic mass is 9.72. The van der Waals surface area contributed by atoms with Crippen molar-refractivity contribution in [2.75, 3.05) is 0 Å². The van der Waals surface area contributed by atoms with Gasteiger partial charge in [-0.05, 0) is 46.8 Å². The number of nitrogens with two attached hydrogens (primary N) is 1. The molecule has 146 valence electrons. The molecule has 1 atom stereocenters. The lowest BCUT2D eigenvalue weighted by molar-refractivity contribution is -0.121. The maximum atomic E-state index is 13.2. The quantitative estimate of drug-likeness (QED) is 0.433. The molecule has 0 saturated carbocycles. The van der Waals surface area contributed by atoms with Crippen molar-refractivity contribution >= 4 is 28.0 Å². The molecule has 4 N–H and O–H groups in total. The lowest BCUT2D eigenvalue weighted by Crippen LogP contribution is -2.44. The summed E-state index contributed by atoms with van der Waals surface area (Å²) in [6.45, 7) is 0. The van der Waals surface area contributed by atoms with Gasteiger partial charge in [-0.3, -0.25) is 9.59 Å². The number of carbonyl (C=O) groups excluding carboxylic acids is 1. The summed E-state index contributed by atoms with van der Waals surface area (Å²) < 4.78 is 0. The van der Waals surface area contributed by atoms with Gasteiger partial charge >= 0.3 is 0 Å². The number of nitrogens with one attached hydrogen (secondary N) is 2. The first-order valence-electron chi connectivity index (χ1n) is 9.39. The van der Waals surface area contributed by atoms with Crippen LogP contribution in [0.25, 0.3) is 22.1 Å². The molecule has 3 aromatic heterocycles. The first kappa shape index (κ1) is 17.8. The highest BCUT2D eigenvalue weighted by Crippen LogP contribution is 2.39. The first-order valence-corrected chi connectivity index (χ1v) is 9.39. The molecule has 30 heavy (non-hydrogen) atoms. The number of aromatic amines is 2. The van der Waals surface area contributed by atoms with Crippen LogP contribution in [0.2, 0.25) is 0 Å². The number of hydrogen-bond donors (Lipinski definition) is 3. The normalized spacial score (nSPS) is 13.3. The van der Waals surface area contributed by atoms with Crippen LogP contribution in [0, 0.1) is 0 Å². The molecule has 1 amide bonds. The number of fused-ring (bicyclic) bond motifs is 2. The van der Waals surface area contributed by atoms with Gasteiger partial charge in [-0.1, -0.05) is 36.4 Å². The highest BCUT2D eigenvalue weighted by atomic mass is 16.1. The predicted molar refractivity (Wildman–Crippen MR) is 114 cm³/mol. The molecule has 0 aliphatic carbocycles. The van der Waals surface area contributed by atoms with Gasteiger partial charge in [-0.25, -0.2) is 9.97 Å². The van der Waals surface area contributed by atoms with Crippen molar-refractivity contribution in [3.8, 4) is 0 Å². The van der Waals surface area contributed by atoms with Gasteiger partial charge in [0.05, 0.1) is 0 Å². The fourth-order valence-electron chi connectivity index (χ4n) is 3.94.